The van der Waals surface area contributed by atoms with E-state index in [2.05, 4.69) is 56.4 Å². The van der Waals surface area contributed by atoms with E-state index in [4.69, 9.17) is 28.4 Å². The summed E-state index contributed by atoms with van der Waals surface area (Å²) in [5.74, 6) is 2.46. The number of ether oxygens (including phenoxy) is 3. The molecule has 10 N–H and O–H groups in total. The van der Waals surface area contributed by atoms with E-state index in [1.54, 1.807) is 13.0 Å². The number of unbranched alkanes of at least 4 members (excludes halogenated alkanes) is 2. The predicted octanol–water partition coefficient (Wildman–Crippen LogP) is 6.32. The predicted molar refractivity (Wildman–Crippen MR) is 301 cm³/mol. The number of aromatic amines is 1. The maximum atomic E-state index is 13.5. The van der Waals surface area contributed by atoms with Crippen molar-refractivity contribution in [3.05, 3.63) is 103 Å². The van der Waals surface area contributed by atoms with Gasteiger partial charge in [-0.1, -0.05) is 21.6 Å². The first-order chi connectivity index (χ1) is 38.4. The molecule has 3 aromatic rings. The van der Waals surface area contributed by atoms with Crippen molar-refractivity contribution >= 4 is 79.6 Å². The van der Waals surface area contributed by atoms with E-state index >= 15 is 0 Å². The third-order valence-electron chi connectivity index (χ3n) is 11.8. The number of rotatable bonds is 28. The molecule has 1 fully saturated rings. The molecule has 3 heterocycles. The molecule has 0 spiro atoms. The van der Waals surface area contributed by atoms with Gasteiger partial charge in [-0.05, 0) is 107 Å². The van der Waals surface area contributed by atoms with Crippen LogP contribution in [0.2, 0.25) is 0 Å². The Morgan fingerprint density at radius 3 is 2.41 bits per heavy atom. The van der Waals surface area contributed by atoms with Crippen LogP contribution in [0.15, 0.2) is 67.7 Å². The Kier molecular flexibility index (Phi) is 23.6. The average molecular weight is 1230 g/mol. The number of anilines is 1. The summed E-state index contributed by atoms with van der Waals surface area (Å²) in [6.07, 6.45) is -0.261. The molecule has 2 aliphatic heterocycles. The van der Waals surface area contributed by atoms with Gasteiger partial charge in [-0.15, -0.1) is 0 Å². The smallest absolute Gasteiger partial charge is 0.478 e. The maximum Gasteiger partial charge on any atom is 0.490 e. The van der Waals surface area contributed by atoms with Gasteiger partial charge in [0.25, 0.3) is 11.5 Å². The third-order valence-corrected chi connectivity index (χ3v) is 17.7. The zero-order valence-corrected chi connectivity index (χ0v) is 48.8. The number of urea groups is 1. The lowest BCUT2D eigenvalue weighted by atomic mass is 9.88. The number of carbonyl (C=O) groups is 3. The van der Waals surface area contributed by atoms with Crippen LogP contribution in [-0.2, 0) is 41.1 Å². The fourth-order valence-corrected chi connectivity index (χ4v) is 12.9. The fourth-order valence-electron chi connectivity index (χ4n) is 8.35. The molecule has 3 unspecified atom stereocenters. The summed E-state index contributed by atoms with van der Waals surface area (Å²) in [6.45, 7) is 11.1. The van der Waals surface area contributed by atoms with Gasteiger partial charge in [0, 0.05) is 104 Å². The first-order valence-corrected chi connectivity index (χ1v) is 32.1. The van der Waals surface area contributed by atoms with Crippen molar-refractivity contribution in [3.8, 4) is 34.4 Å². The zero-order valence-electron chi connectivity index (χ0n) is 44.5. The minimum absolute atomic E-state index is 0.0379. The number of phosphoric acid groups is 3. The normalized spacial score (nSPS) is 17.0. The summed E-state index contributed by atoms with van der Waals surface area (Å²) < 4.78 is 71.4. The molecule has 3 aliphatic rings. The maximum absolute atomic E-state index is 13.5. The van der Waals surface area contributed by atoms with Crippen LogP contribution >= 0.6 is 45.1 Å². The van der Waals surface area contributed by atoms with Gasteiger partial charge in [0.15, 0.2) is 0 Å². The second kappa shape index (κ2) is 29.6. The molecule has 1 aromatic heterocycles. The lowest BCUT2D eigenvalue weighted by molar-refractivity contribution is -0.0592. The molecule has 81 heavy (non-hydrogen) atoms. The number of aromatic carboxylic acids is 1. The van der Waals surface area contributed by atoms with E-state index in [1.165, 1.54) is 33.7 Å². The number of hydrogen-bond donors (Lipinski definition) is 10. The molecule has 0 saturated carbocycles. The minimum atomic E-state index is -5.78. The summed E-state index contributed by atoms with van der Waals surface area (Å²) in [7, 11) is -13.9. The van der Waals surface area contributed by atoms with Gasteiger partial charge < -0.3 is 59.3 Å². The standard InChI is InChI=1S/C49H62N7O20P3S2/c1-6-50-37-23-39-35(20-29(37)4)44(36-21-30(5)38(51-7-2)24-40(36)73-39)34-22-31(12-13-33(34)47(59)60)45(57)52-17-19-80-81-28-70-18-11-9-10-15-53-48(61)54-16-14-32-26-56(49(62)55-46(32)58)43-25-41(71-8-3)42(74-43)27-72-78(66,67)76-79(68,69)75-77(63,64)65/h12-13,20-24,26,41-43,50H,6-11,15,17-19,25,27-28H2,1-5H3,(H,52,57)(H,59,60)(H,66,67)(H,68,69)(H2,53,54,61)(H,55,58,62)(H2,63,64,65)/b51-38-/t41?,42-,43-/m1/s1. The highest BCUT2D eigenvalue weighted by Gasteiger charge is 2.43. The number of nitrogens with zero attached hydrogens (tertiary/aromatic N) is 2. The van der Waals surface area contributed by atoms with Crippen molar-refractivity contribution in [1.29, 1.82) is 0 Å². The number of H-pyrrole nitrogens is 1. The van der Waals surface area contributed by atoms with Crippen LogP contribution in [0.5, 0.6) is 0 Å². The van der Waals surface area contributed by atoms with Crippen LogP contribution in [0.3, 0.4) is 0 Å². The molecule has 5 atom stereocenters. The molecule has 1 aliphatic carbocycles. The number of fused-ring (bicyclic) bond motifs is 2. The number of aryl methyl sites for hydroxylation is 2. The molecule has 32 heteroatoms. The number of aromatic nitrogens is 2. The fraction of sp³-hybridized carbons (Fsp3) is 0.429. The highest BCUT2D eigenvalue weighted by atomic mass is 33.1. The topological polar surface area (TPSA) is 387 Å². The zero-order chi connectivity index (χ0) is 59.1. The number of nitrogens with one attached hydrogen (secondary N) is 5. The first kappa shape index (κ1) is 64.5. The number of amides is 3. The van der Waals surface area contributed by atoms with Crippen LogP contribution in [0.1, 0.15) is 90.1 Å². The van der Waals surface area contributed by atoms with E-state index in [9.17, 15) is 52.6 Å². The number of hydrogen-bond acceptors (Lipinski definition) is 19. The Hall–Kier alpha value is -5.63. The van der Waals surface area contributed by atoms with Gasteiger partial charge in [-0.3, -0.25) is 34.0 Å². The quantitative estimate of drug-likeness (QED) is 0.00498. The van der Waals surface area contributed by atoms with Gasteiger partial charge >= 0.3 is 41.2 Å². The van der Waals surface area contributed by atoms with E-state index < -0.39 is 71.8 Å². The van der Waals surface area contributed by atoms with Gasteiger partial charge in [0.1, 0.15) is 35.2 Å². The lowest BCUT2D eigenvalue weighted by Crippen LogP contribution is -2.34. The van der Waals surface area contributed by atoms with Crippen molar-refractivity contribution < 1.29 is 84.5 Å². The van der Waals surface area contributed by atoms with Crippen LogP contribution in [-0.4, -0.2) is 122 Å². The number of carboxylic acid groups (broad SMARTS) is 1. The summed E-state index contributed by atoms with van der Waals surface area (Å²) in [4.78, 5) is 107. The minimum Gasteiger partial charge on any atom is -0.478 e. The summed E-state index contributed by atoms with van der Waals surface area (Å²) in [6, 6.07) is 14.0. The molecule has 0 bridgehead atoms. The van der Waals surface area contributed by atoms with E-state index in [0.717, 1.165) is 39.4 Å². The van der Waals surface area contributed by atoms with Gasteiger partial charge in [0.2, 0.25) is 0 Å². The number of carboxylic acids is 1. The van der Waals surface area contributed by atoms with Crippen molar-refractivity contribution in [2.75, 3.05) is 63.0 Å². The van der Waals surface area contributed by atoms with Crippen LogP contribution in [0.4, 0.5) is 10.5 Å². The number of carbonyl (C=O) groups excluding carboxylic acids is 2. The molecule has 2 aromatic carbocycles. The highest BCUT2D eigenvalue weighted by molar-refractivity contribution is 8.76. The molecule has 440 valence electrons. The Bertz CT molecular complexity index is 3470. The van der Waals surface area contributed by atoms with Crippen molar-refractivity contribution in [2.45, 2.75) is 78.7 Å². The number of benzene rings is 3. The Balaban J connectivity index is 0.905. The second-order valence-electron chi connectivity index (χ2n) is 17.7. The second-order valence-corrected chi connectivity index (χ2v) is 24.7. The van der Waals surface area contributed by atoms with Crippen LogP contribution < -0.4 is 37.9 Å². The highest BCUT2D eigenvalue weighted by Crippen LogP contribution is 2.66. The Labute approximate surface area is 471 Å². The summed E-state index contributed by atoms with van der Waals surface area (Å²) >= 11 is 0. The largest absolute Gasteiger partial charge is 0.490 e. The van der Waals surface area contributed by atoms with E-state index in [1.807, 2.05) is 52.0 Å². The van der Waals surface area contributed by atoms with Gasteiger partial charge in [-0.25, -0.2) is 28.1 Å². The summed E-state index contributed by atoms with van der Waals surface area (Å²) in [5, 5.41) is 23.1. The van der Waals surface area contributed by atoms with Crippen molar-refractivity contribution in [1.82, 2.24) is 25.5 Å². The van der Waals surface area contributed by atoms with E-state index in [-0.39, 0.29) is 30.1 Å². The molecule has 1 saturated heterocycles. The first-order valence-electron chi connectivity index (χ1n) is 25.1. The molecular weight excluding hydrogens is 1160 g/mol. The van der Waals surface area contributed by atoms with Crippen LogP contribution in [0.25, 0.3) is 33.4 Å². The third kappa shape index (κ3) is 18.7. The Morgan fingerprint density at radius 2 is 1.69 bits per heavy atom. The molecule has 0 radical (unpaired) electrons. The van der Waals surface area contributed by atoms with Crippen LogP contribution in [0, 0.1) is 25.8 Å². The molecular formula is C49H62N7O20P3S2. The van der Waals surface area contributed by atoms with Gasteiger partial charge in [-0.2, -0.15) is 8.62 Å². The Morgan fingerprint density at radius 1 is 0.914 bits per heavy atom. The van der Waals surface area contributed by atoms with E-state index in [0.29, 0.717) is 96.3 Å². The SMILES string of the molecule is CC/N=c1/cc2oc3cc(NCC)c(C)cc3c(-c3cc(C(=O)NCCSSCOCCCCCNC(=O)NC#Cc4cn([C@H]5CC(OCC)[C@@H](COP(=O)(O)OP(=O)(O)OP(=O)(O)O)O5)c(=O)[nH]c4=O)ccc3C(=O)O)c-2cc1C. The monoisotopic (exact) mass is 1230 g/mol. The lowest BCUT2D eigenvalue weighted by Gasteiger charge is -2.21. The van der Waals surface area contributed by atoms with Gasteiger partial charge in [0.05, 0.1) is 23.6 Å². The average Bonchev–Trinajstić information content (AvgIpc) is 2.97. The molecule has 3 amide bonds. The number of phosphoric ester groups is 1. The molecule has 27 nitrogen and oxygen atoms in total. The van der Waals surface area contributed by atoms with Crippen molar-refractivity contribution in [3.63, 3.8) is 0 Å². The molecule has 6 rings (SSSR count). The summed E-state index contributed by atoms with van der Waals surface area (Å²) in [5.41, 5.74) is 3.25. The van der Waals surface area contributed by atoms with Crippen molar-refractivity contribution in [2.24, 2.45) is 4.99 Å².